The number of hydrogen-bond acceptors (Lipinski definition) is 4. The minimum atomic E-state index is -0.687. The van der Waals surface area contributed by atoms with E-state index in [0.717, 1.165) is 5.56 Å². The lowest BCUT2D eigenvalue weighted by Gasteiger charge is -2.14. The monoisotopic (exact) mass is 455 g/mol. The first-order valence-electron chi connectivity index (χ1n) is 10.3. The summed E-state index contributed by atoms with van der Waals surface area (Å²) in [6.45, 7) is 2.47. The van der Waals surface area contributed by atoms with Gasteiger partial charge in [0.1, 0.15) is 11.3 Å². The standard InChI is InChI=1S/C23H23ClFN5O2/c1-13-20-21(29-28-13)17-12-16(25)7-8-19(17)30(23(20)32)10-2-9-27-22(31)18(26)11-14-3-5-15(24)6-4-14/h3-8,12,18H,2,9-11,26H2,1H3,(H,27,31)(H,28,29). The summed E-state index contributed by atoms with van der Waals surface area (Å²) in [6, 6.07) is 10.8. The number of aromatic nitrogens is 3. The molecule has 0 saturated heterocycles. The summed E-state index contributed by atoms with van der Waals surface area (Å²) < 4.78 is 15.5. The van der Waals surface area contributed by atoms with Gasteiger partial charge in [-0.15, -0.1) is 0 Å². The van der Waals surface area contributed by atoms with Gasteiger partial charge in [0.25, 0.3) is 5.56 Å². The summed E-state index contributed by atoms with van der Waals surface area (Å²) >= 11 is 5.88. The Kier molecular flexibility index (Phi) is 6.25. The van der Waals surface area contributed by atoms with E-state index in [0.29, 0.717) is 58.5 Å². The second-order valence-electron chi connectivity index (χ2n) is 7.77. The SMILES string of the molecule is Cc1[nH]nc2c1c(=O)n(CCCNC(=O)C(N)Cc1ccc(Cl)cc1)c1ccc(F)cc21. The predicted molar refractivity (Wildman–Crippen MR) is 123 cm³/mol. The highest BCUT2D eigenvalue weighted by Crippen LogP contribution is 2.23. The van der Waals surface area contributed by atoms with Crippen molar-refractivity contribution in [2.24, 2.45) is 5.73 Å². The van der Waals surface area contributed by atoms with Crippen LogP contribution in [-0.4, -0.2) is 33.3 Å². The highest BCUT2D eigenvalue weighted by molar-refractivity contribution is 6.30. The highest BCUT2D eigenvalue weighted by atomic mass is 35.5. The van der Waals surface area contributed by atoms with Gasteiger partial charge in [-0.25, -0.2) is 4.39 Å². The number of halogens is 2. The number of nitrogens with two attached hydrogens (primary N) is 1. The van der Waals surface area contributed by atoms with E-state index in [9.17, 15) is 14.0 Å². The lowest BCUT2D eigenvalue weighted by atomic mass is 10.1. The molecule has 0 aliphatic heterocycles. The molecule has 0 aliphatic carbocycles. The van der Waals surface area contributed by atoms with E-state index in [1.54, 1.807) is 29.7 Å². The number of nitrogens with zero attached hydrogens (tertiary/aromatic N) is 2. The smallest absolute Gasteiger partial charge is 0.262 e. The van der Waals surface area contributed by atoms with Crippen LogP contribution in [0.15, 0.2) is 47.3 Å². The fraction of sp³-hybridized carbons (Fsp3) is 0.261. The van der Waals surface area contributed by atoms with Gasteiger partial charge in [-0.1, -0.05) is 23.7 Å². The second kappa shape index (κ2) is 9.10. The van der Waals surface area contributed by atoms with Crippen LogP contribution in [0.4, 0.5) is 4.39 Å². The summed E-state index contributed by atoms with van der Waals surface area (Å²) in [5, 5.41) is 11.5. The zero-order valence-corrected chi connectivity index (χ0v) is 18.2. The van der Waals surface area contributed by atoms with E-state index >= 15 is 0 Å². The Morgan fingerprint density at radius 3 is 2.78 bits per heavy atom. The Morgan fingerprint density at radius 2 is 2.03 bits per heavy atom. The number of fused-ring (bicyclic) bond motifs is 3. The van der Waals surface area contributed by atoms with E-state index in [2.05, 4.69) is 15.5 Å². The molecular weight excluding hydrogens is 433 g/mol. The van der Waals surface area contributed by atoms with Gasteiger partial charge in [0.05, 0.1) is 16.9 Å². The molecule has 7 nitrogen and oxygen atoms in total. The van der Waals surface area contributed by atoms with Crippen LogP contribution in [0.5, 0.6) is 0 Å². The van der Waals surface area contributed by atoms with Gasteiger partial charge < -0.3 is 15.6 Å². The fourth-order valence-corrected chi connectivity index (χ4v) is 3.96. The number of aromatic amines is 1. The van der Waals surface area contributed by atoms with Crippen molar-refractivity contribution in [2.45, 2.75) is 32.4 Å². The molecule has 2 aromatic carbocycles. The Bertz CT molecular complexity index is 1350. The van der Waals surface area contributed by atoms with Crippen molar-refractivity contribution in [3.63, 3.8) is 0 Å². The van der Waals surface area contributed by atoms with Crippen LogP contribution in [0.25, 0.3) is 21.8 Å². The topological polar surface area (TPSA) is 106 Å². The molecule has 2 heterocycles. The number of carbonyl (C=O) groups excluding carboxylic acids is 1. The van der Waals surface area contributed by atoms with Gasteiger partial charge in [-0.05, 0) is 55.7 Å². The molecule has 1 amide bonds. The minimum Gasteiger partial charge on any atom is -0.355 e. The Labute approximate surface area is 188 Å². The summed E-state index contributed by atoms with van der Waals surface area (Å²) in [4.78, 5) is 25.4. The molecule has 166 valence electrons. The fourth-order valence-electron chi connectivity index (χ4n) is 3.83. The Hall–Kier alpha value is -3.23. The Balaban J connectivity index is 1.44. The summed E-state index contributed by atoms with van der Waals surface area (Å²) in [7, 11) is 0. The highest BCUT2D eigenvalue weighted by Gasteiger charge is 2.17. The third kappa shape index (κ3) is 4.37. The van der Waals surface area contributed by atoms with Crippen molar-refractivity contribution in [1.82, 2.24) is 20.1 Å². The molecule has 0 bridgehead atoms. The van der Waals surface area contributed by atoms with Crippen LogP contribution in [0.3, 0.4) is 0 Å². The van der Waals surface area contributed by atoms with E-state index in [1.807, 2.05) is 12.1 Å². The molecule has 1 unspecified atom stereocenters. The van der Waals surface area contributed by atoms with Crippen LogP contribution in [0.2, 0.25) is 5.02 Å². The maximum Gasteiger partial charge on any atom is 0.262 e. The molecule has 0 saturated carbocycles. The van der Waals surface area contributed by atoms with Gasteiger partial charge in [0, 0.05) is 29.2 Å². The number of amides is 1. The van der Waals surface area contributed by atoms with E-state index in [4.69, 9.17) is 17.3 Å². The first kappa shape index (κ1) is 22.0. The number of nitrogens with one attached hydrogen (secondary N) is 2. The third-order valence-electron chi connectivity index (χ3n) is 5.47. The van der Waals surface area contributed by atoms with Crippen molar-refractivity contribution < 1.29 is 9.18 Å². The van der Waals surface area contributed by atoms with Gasteiger partial charge in [0.2, 0.25) is 5.91 Å². The summed E-state index contributed by atoms with van der Waals surface area (Å²) in [5.74, 6) is -0.660. The number of hydrogen-bond donors (Lipinski definition) is 3. The third-order valence-corrected chi connectivity index (χ3v) is 5.73. The van der Waals surface area contributed by atoms with Crippen LogP contribution >= 0.6 is 11.6 Å². The molecule has 4 rings (SSSR count). The summed E-state index contributed by atoms with van der Waals surface area (Å²) in [6.07, 6.45) is 0.906. The van der Waals surface area contributed by atoms with Crippen LogP contribution < -0.4 is 16.6 Å². The van der Waals surface area contributed by atoms with Crippen LogP contribution in [0.1, 0.15) is 17.7 Å². The normalized spacial score (nSPS) is 12.4. The van der Waals surface area contributed by atoms with E-state index in [-0.39, 0.29) is 11.5 Å². The molecule has 4 aromatic rings. The summed E-state index contributed by atoms with van der Waals surface area (Å²) in [5.41, 5.74) is 8.43. The first-order chi connectivity index (χ1) is 15.3. The molecule has 1 atom stereocenters. The second-order valence-corrected chi connectivity index (χ2v) is 8.21. The number of H-pyrrole nitrogens is 1. The van der Waals surface area contributed by atoms with Gasteiger partial charge >= 0.3 is 0 Å². The lowest BCUT2D eigenvalue weighted by Crippen LogP contribution is -2.42. The zero-order chi connectivity index (χ0) is 22.8. The Morgan fingerprint density at radius 1 is 1.28 bits per heavy atom. The number of benzene rings is 2. The molecule has 32 heavy (non-hydrogen) atoms. The predicted octanol–water partition coefficient (Wildman–Crippen LogP) is 3.06. The molecule has 9 heteroatoms. The van der Waals surface area contributed by atoms with Crippen molar-refractivity contribution in [3.8, 4) is 0 Å². The number of pyridine rings is 1. The van der Waals surface area contributed by atoms with Crippen LogP contribution in [0, 0.1) is 12.7 Å². The zero-order valence-electron chi connectivity index (χ0n) is 17.5. The number of aryl methyl sites for hydroxylation is 2. The molecule has 0 radical (unpaired) electrons. The van der Waals surface area contributed by atoms with Crippen molar-refractivity contribution in [1.29, 1.82) is 0 Å². The average molecular weight is 456 g/mol. The number of rotatable bonds is 7. The maximum absolute atomic E-state index is 13.9. The molecule has 2 aromatic heterocycles. The van der Waals surface area contributed by atoms with E-state index < -0.39 is 11.9 Å². The molecule has 0 spiro atoms. The van der Waals surface area contributed by atoms with Crippen molar-refractivity contribution in [3.05, 3.63) is 74.9 Å². The van der Waals surface area contributed by atoms with Crippen molar-refractivity contribution in [2.75, 3.05) is 6.54 Å². The number of carbonyl (C=O) groups is 1. The average Bonchev–Trinajstić information content (AvgIpc) is 3.16. The van der Waals surface area contributed by atoms with Gasteiger partial charge in [-0.3, -0.25) is 14.7 Å². The molecular formula is C23H23ClFN5O2. The first-order valence-corrected chi connectivity index (χ1v) is 10.7. The minimum absolute atomic E-state index is 0.198. The lowest BCUT2D eigenvalue weighted by molar-refractivity contribution is -0.122. The van der Waals surface area contributed by atoms with Crippen molar-refractivity contribution >= 4 is 39.3 Å². The quantitative estimate of drug-likeness (QED) is 0.372. The van der Waals surface area contributed by atoms with Crippen LogP contribution in [-0.2, 0) is 17.8 Å². The van der Waals surface area contributed by atoms with E-state index in [1.165, 1.54) is 12.1 Å². The molecule has 4 N–H and O–H groups in total. The molecule has 0 aliphatic rings. The van der Waals surface area contributed by atoms with Gasteiger partial charge in [-0.2, -0.15) is 5.10 Å². The maximum atomic E-state index is 13.9. The molecule has 0 fully saturated rings. The van der Waals surface area contributed by atoms with Gasteiger partial charge in [0.15, 0.2) is 0 Å². The largest absolute Gasteiger partial charge is 0.355 e.